The number of thiol groups is 1. The molecular weight excluding hydrogens is 258 g/mol. The molecule has 0 aromatic heterocycles. The molecule has 1 saturated heterocycles. The summed E-state index contributed by atoms with van der Waals surface area (Å²) in [6, 6.07) is 5.73. The Hall–Kier alpha value is -0.840. The predicted octanol–water partition coefficient (Wildman–Crippen LogP) is 2.48. The molecule has 1 heterocycles. The van der Waals surface area contributed by atoms with Gasteiger partial charge in [-0.1, -0.05) is 12.1 Å². The molecule has 1 fully saturated rings. The smallest absolute Gasteiger partial charge is 0.172 e. The van der Waals surface area contributed by atoms with E-state index in [1.165, 1.54) is 0 Å². The summed E-state index contributed by atoms with van der Waals surface area (Å²) >= 11 is 4.43. The van der Waals surface area contributed by atoms with Crippen molar-refractivity contribution in [3.8, 4) is 0 Å². The second-order valence-electron chi connectivity index (χ2n) is 5.63. The lowest BCUT2D eigenvalue weighted by Crippen LogP contribution is -2.49. The third-order valence-electron chi connectivity index (χ3n) is 3.72. The Morgan fingerprint density at radius 2 is 2.21 bits per heavy atom. The molecule has 1 atom stereocenters. The van der Waals surface area contributed by atoms with Crippen LogP contribution in [0.3, 0.4) is 0 Å². The van der Waals surface area contributed by atoms with E-state index in [0.717, 1.165) is 17.0 Å². The van der Waals surface area contributed by atoms with Crippen LogP contribution in [0.4, 0.5) is 0 Å². The van der Waals surface area contributed by atoms with Gasteiger partial charge in [-0.15, -0.1) is 12.6 Å². The molecule has 1 aliphatic heterocycles. The minimum absolute atomic E-state index is 0.0891. The zero-order chi connectivity index (χ0) is 14.0. The molecule has 0 bridgehead atoms. The molecule has 0 spiro atoms. The van der Waals surface area contributed by atoms with Crippen LogP contribution in [-0.4, -0.2) is 31.6 Å². The van der Waals surface area contributed by atoms with E-state index in [9.17, 15) is 4.79 Å². The summed E-state index contributed by atoms with van der Waals surface area (Å²) in [7, 11) is 0. The molecule has 0 aliphatic carbocycles. The van der Waals surface area contributed by atoms with Crippen molar-refractivity contribution < 1.29 is 9.53 Å². The Morgan fingerprint density at radius 1 is 1.47 bits per heavy atom. The van der Waals surface area contributed by atoms with Gasteiger partial charge in [-0.25, -0.2) is 0 Å². The van der Waals surface area contributed by atoms with E-state index >= 15 is 0 Å². The number of rotatable bonds is 3. The van der Waals surface area contributed by atoms with Gasteiger partial charge in [-0.3, -0.25) is 4.79 Å². The monoisotopic (exact) mass is 279 g/mol. The summed E-state index contributed by atoms with van der Waals surface area (Å²) < 4.78 is 5.74. The first-order valence-electron chi connectivity index (χ1n) is 6.59. The van der Waals surface area contributed by atoms with E-state index in [2.05, 4.69) is 17.9 Å². The fourth-order valence-electron chi connectivity index (χ4n) is 2.36. The van der Waals surface area contributed by atoms with Crippen LogP contribution in [0.25, 0.3) is 0 Å². The minimum Gasteiger partial charge on any atom is -0.375 e. The number of nitrogens with one attached hydrogen (secondary N) is 1. The van der Waals surface area contributed by atoms with E-state index in [1.807, 2.05) is 39.0 Å². The van der Waals surface area contributed by atoms with Crippen molar-refractivity contribution in [1.29, 1.82) is 0 Å². The van der Waals surface area contributed by atoms with E-state index in [1.54, 1.807) is 0 Å². The molecule has 1 unspecified atom stereocenters. The highest BCUT2D eigenvalue weighted by Gasteiger charge is 2.39. The number of ether oxygens (including phenoxy) is 1. The lowest BCUT2D eigenvalue weighted by atomic mass is 9.78. The number of morpholine rings is 1. The van der Waals surface area contributed by atoms with Crippen molar-refractivity contribution in [3.63, 3.8) is 0 Å². The van der Waals surface area contributed by atoms with Crippen LogP contribution in [0, 0.1) is 12.3 Å². The normalized spacial score (nSPS) is 20.3. The van der Waals surface area contributed by atoms with Crippen LogP contribution in [0.15, 0.2) is 23.1 Å². The maximum atomic E-state index is 12.7. The van der Waals surface area contributed by atoms with Crippen molar-refractivity contribution >= 4 is 18.4 Å². The van der Waals surface area contributed by atoms with Crippen LogP contribution < -0.4 is 5.32 Å². The fraction of sp³-hybridized carbons (Fsp3) is 0.533. The average Bonchev–Trinajstić information content (AvgIpc) is 2.39. The van der Waals surface area contributed by atoms with Gasteiger partial charge in [0.2, 0.25) is 0 Å². The summed E-state index contributed by atoms with van der Waals surface area (Å²) in [5.74, 6) is 0.0891. The highest BCUT2D eigenvalue weighted by molar-refractivity contribution is 7.80. The quantitative estimate of drug-likeness (QED) is 0.659. The third-order valence-corrected chi connectivity index (χ3v) is 4.09. The van der Waals surface area contributed by atoms with Crippen LogP contribution >= 0.6 is 12.6 Å². The fourth-order valence-corrected chi connectivity index (χ4v) is 2.74. The van der Waals surface area contributed by atoms with E-state index in [0.29, 0.717) is 18.7 Å². The summed E-state index contributed by atoms with van der Waals surface area (Å²) in [5.41, 5.74) is 1.23. The first-order valence-corrected chi connectivity index (χ1v) is 7.04. The molecule has 3 nitrogen and oxygen atoms in total. The first kappa shape index (κ1) is 14.6. The Kier molecular flexibility index (Phi) is 4.33. The Bertz CT molecular complexity index is 479. The highest BCUT2D eigenvalue weighted by Crippen LogP contribution is 2.31. The molecule has 1 aromatic carbocycles. The van der Waals surface area contributed by atoms with Crippen molar-refractivity contribution in [1.82, 2.24) is 5.32 Å². The number of ketones is 1. The second-order valence-corrected chi connectivity index (χ2v) is 6.12. The van der Waals surface area contributed by atoms with Gasteiger partial charge in [-0.05, 0) is 32.4 Å². The standard InChI is InChI=1S/C15H21NO2S/c1-10-4-5-11(12(19)8-10)14(17)15(2,3)13-9-16-6-7-18-13/h4-5,8,13,16,19H,6-7,9H2,1-3H3. The highest BCUT2D eigenvalue weighted by atomic mass is 32.1. The largest absolute Gasteiger partial charge is 0.375 e. The summed E-state index contributed by atoms with van der Waals surface area (Å²) in [5, 5.41) is 3.27. The lowest BCUT2D eigenvalue weighted by molar-refractivity contribution is -0.0325. The SMILES string of the molecule is Cc1ccc(C(=O)C(C)(C)C2CNCCO2)c(S)c1. The minimum atomic E-state index is -0.555. The van der Waals surface area contributed by atoms with Crippen molar-refractivity contribution in [2.75, 3.05) is 19.7 Å². The summed E-state index contributed by atoms with van der Waals surface area (Å²) in [4.78, 5) is 13.5. The second kappa shape index (κ2) is 5.65. The number of carbonyl (C=O) groups is 1. The number of aryl methyl sites for hydroxylation is 1. The first-order chi connectivity index (χ1) is 8.93. The number of Topliss-reactive ketones (excluding diaryl/α,β-unsaturated/α-hetero) is 1. The predicted molar refractivity (Wildman–Crippen MR) is 79.2 cm³/mol. The maximum absolute atomic E-state index is 12.7. The number of hydrogen-bond donors (Lipinski definition) is 2. The van der Waals surface area contributed by atoms with E-state index in [-0.39, 0.29) is 11.9 Å². The molecule has 1 N–H and O–H groups in total. The zero-order valence-electron chi connectivity index (χ0n) is 11.7. The van der Waals surface area contributed by atoms with Gasteiger partial charge in [0.05, 0.1) is 18.1 Å². The Morgan fingerprint density at radius 3 is 2.79 bits per heavy atom. The molecule has 1 aromatic rings. The molecule has 0 radical (unpaired) electrons. The van der Waals surface area contributed by atoms with E-state index < -0.39 is 5.41 Å². The van der Waals surface area contributed by atoms with Crippen molar-refractivity contribution in [2.45, 2.75) is 31.8 Å². The summed E-state index contributed by atoms with van der Waals surface area (Å²) in [6.45, 7) is 8.10. The Balaban J connectivity index is 2.26. The molecule has 19 heavy (non-hydrogen) atoms. The molecule has 2 rings (SSSR count). The van der Waals surface area contributed by atoms with Crippen LogP contribution in [-0.2, 0) is 4.74 Å². The maximum Gasteiger partial charge on any atom is 0.172 e. The average molecular weight is 279 g/mol. The van der Waals surface area contributed by atoms with Crippen LogP contribution in [0.1, 0.15) is 29.8 Å². The van der Waals surface area contributed by atoms with Gasteiger partial charge in [0, 0.05) is 23.5 Å². The van der Waals surface area contributed by atoms with Gasteiger partial charge in [0.15, 0.2) is 5.78 Å². The molecule has 0 amide bonds. The van der Waals surface area contributed by atoms with Crippen molar-refractivity contribution in [2.24, 2.45) is 5.41 Å². The molecular formula is C15H21NO2S. The van der Waals surface area contributed by atoms with Gasteiger partial charge in [-0.2, -0.15) is 0 Å². The number of hydrogen-bond acceptors (Lipinski definition) is 4. The van der Waals surface area contributed by atoms with Crippen LogP contribution in [0.2, 0.25) is 0 Å². The lowest BCUT2D eigenvalue weighted by Gasteiger charge is -2.36. The van der Waals surface area contributed by atoms with Gasteiger partial charge < -0.3 is 10.1 Å². The Labute approximate surface area is 120 Å². The molecule has 0 saturated carbocycles. The van der Waals surface area contributed by atoms with Gasteiger partial charge in [0.1, 0.15) is 0 Å². The number of benzene rings is 1. The van der Waals surface area contributed by atoms with Gasteiger partial charge >= 0.3 is 0 Å². The third kappa shape index (κ3) is 3.02. The number of carbonyl (C=O) groups excluding carboxylic acids is 1. The topological polar surface area (TPSA) is 38.3 Å². The zero-order valence-corrected chi connectivity index (χ0v) is 12.6. The van der Waals surface area contributed by atoms with Crippen LogP contribution in [0.5, 0.6) is 0 Å². The van der Waals surface area contributed by atoms with Crippen molar-refractivity contribution in [3.05, 3.63) is 29.3 Å². The molecule has 4 heteroatoms. The molecule has 104 valence electrons. The van der Waals surface area contributed by atoms with Gasteiger partial charge in [0.25, 0.3) is 0 Å². The van der Waals surface area contributed by atoms with E-state index in [4.69, 9.17) is 4.74 Å². The molecule has 1 aliphatic rings. The summed E-state index contributed by atoms with van der Waals surface area (Å²) in [6.07, 6.45) is -0.0946.